The minimum Gasteiger partial charge on any atom is -0.494 e. The van der Waals surface area contributed by atoms with Crippen LogP contribution in [0.3, 0.4) is 0 Å². The third kappa shape index (κ3) is 6.58. The van der Waals surface area contributed by atoms with E-state index in [1.807, 2.05) is 25.1 Å². The Morgan fingerprint density at radius 3 is 1.91 bits per heavy atom. The zero-order valence-electron chi connectivity index (χ0n) is 27.1. The van der Waals surface area contributed by atoms with Crippen LogP contribution in [0.15, 0.2) is 63.3 Å². The summed E-state index contributed by atoms with van der Waals surface area (Å²) in [5.41, 5.74) is 1.38. The van der Waals surface area contributed by atoms with Crippen LogP contribution < -0.4 is 9.64 Å². The summed E-state index contributed by atoms with van der Waals surface area (Å²) in [5, 5.41) is 0.737. The van der Waals surface area contributed by atoms with Gasteiger partial charge in [-0.25, -0.2) is 8.42 Å². The number of nitrogens with zero attached hydrogens (tertiary/aromatic N) is 5. The number of fused-ring (bicyclic) bond motifs is 1. The Morgan fingerprint density at radius 2 is 1.35 bits per heavy atom. The quantitative estimate of drug-likeness (QED) is 0.330. The molecule has 1 aliphatic carbocycles. The number of rotatable bonds is 9. The van der Waals surface area contributed by atoms with Crippen LogP contribution in [0, 0.1) is 0 Å². The van der Waals surface area contributed by atoms with Crippen molar-refractivity contribution in [3.05, 3.63) is 48.7 Å². The van der Waals surface area contributed by atoms with Crippen molar-refractivity contribution in [1.29, 1.82) is 0 Å². The maximum Gasteiger partial charge on any atom is 0.210 e. The van der Waals surface area contributed by atoms with Gasteiger partial charge in [0.05, 0.1) is 22.7 Å². The van der Waals surface area contributed by atoms with E-state index in [0.717, 1.165) is 50.4 Å². The minimum atomic E-state index is -3.88. The molecule has 7 rings (SSSR count). The van der Waals surface area contributed by atoms with Crippen LogP contribution in [0.4, 0.5) is 5.69 Å². The lowest BCUT2D eigenvalue weighted by molar-refractivity contribution is 0.0416. The summed E-state index contributed by atoms with van der Waals surface area (Å²) < 4.78 is 46.4. The fraction of sp³-hybridized carbons (Fsp3) is 0.571. The molecule has 11 heteroatoms. The summed E-state index contributed by atoms with van der Waals surface area (Å²) >= 11 is 0. The molecule has 4 aliphatic rings. The SMILES string of the molecule is CCOc1ccc(S(=O)(=O)c2cnc3ccc([S@](C)=O)cc3c2N2CCC(N3CCC(N4CCN(C5CC5)CC4)CC3)CC2)cc1. The van der Waals surface area contributed by atoms with Gasteiger partial charge in [-0.05, 0) is 101 Å². The number of likely N-dealkylation sites (tertiary alicyclic amines) is 1. The average Bonchev–Trinajstić information content (AvgIpc) is 3.94. The van der Waals surface area contributed by atoms with Crippen molar-refractivity contribution in [1.82, 2.24) is 19.7 Å². The van der Waals surface area contributed by atoms with Crippen molar-refractivity contribution in [3.8, 4) is 5.75 Å². The Hall–Kier alpha value is -2.57. The number of benzene rings is 2. The highest BCUT2D eigenvalue weighted by molar-refractivity contribution is 7.91. The molecule has 46 heavy (non-hydrogen) atoms. The maximum atomic E-state index is 14.2. The largest absolute Gasteiger partial charge is 0.494 e. The van der Waals surface area contributed by atoms with E-state index in [4.69, 9.17) is 4.74 Å². The third-order valence-electron chi connectivity index (χ3n) is 10.6. The van der Waals surface area contributed by atoms with Gasteiger partial charge in [0.2, 0.25) is 9.84 Å². The van der Waals surface area contributed by atoms with Gasteiger partial charge >= 0.3 is 0 Å². The molecule has 9 nitrogen and oxygen atoms in total. The van der Waals surface area contributed by atoms with Crippen LogP contribution >= 0.6 is 0 Å². The van der Waals surface area contributed by atoms with Crippen LogP contribution in [-0.2, 0) is 20.6 Å². The fourth-order valence-electron chi connectivity index (χ4n) is 7.83. The van der Waals surface area contributed by atoms with Gasteiger partial charge in [-0.1, -0.05) is 0 Å². The Bertz CT molecular complexity index is 1660. The maximum absolute atomic E-state index is 14.2. The van der Waals surface area contributed by atoms with E-state index in [1.165, 1.54) is 58.1 Å². The van der Waals surface area contributed by atoms with E-state index in [1.54, 1.807) is 30.5 Å². The molecule has 1 atom stereocenters. The molecule has 3 aromatic rings. The summed E-state index contributed by atoms with van der Waals surface area (Å²) in [6.07, 6.45) is 10.4. The van der Waals surface area contributed by atoms with Crippen molar-refractivity contribution in [2.45, 2.75) is 78.3 Å². The second kappa shape index (κ2) is 13.5. The summed E-state index contributed by atoms with van der Waals surface area (Å²) in [7, 11) is -5.09. The molecule has 0 spiro atoms. The van der Waals surface area contributed by atoms with Crippen molar-refractivity contribution >= 4 is 37.2 Å². The number of aromatic nitrogens is 1. The normalized spacial score (nSPS) is 22.3. The first-order valence-electron chi connectivity index (χ1n) is 17.0. The average molecular weight is 666 g/mol. The molecule has 2 aromatic carbocycles. The van der Waals surface area contributed by atoms with Gasteiger partial charge in [0.25, 0.3) is 0 Å². The summed E-state index contributed by atoms with van der Waals surface area (Å²) in [5.74, 6) is 0.635. The molecule has 1 saturated carbocycles. The highest BCUT2D eigenvalue weighted by atomic mass is 32.2. The van der Waals surface area contributed by atoms with Gasteiger partial charge in [0.15, 0.2) is 0 Å². The Balaban J connectivity index is 1.08. The molecule has 0 radical (unpaired) electrons. The van der Waals surface area contributed by atoms with E-state index in [-0.39, 0.29) is 9.79 Å². The van der Waals surface area contributed by atoms with Gasteiger partial charge in [-0.15, -0.1) is 0 Å². The molecule has 0 bridgehead atoms. The topological polar surface area (TPSA) is 86.3 Å². The van der Waals surface area contributed by atoms with E-state index in [0.29, 0.717) is 40.5 Å². The molecule has 0 unspecified atom stereocenters. The Kier molecular flexibility index (Phi) is 9.40. The summed E-state index contributed by atoms with van der Waals surface area (Å²) in [6, 6.07) is 14.2. The van der Waals surface area contributed by atoms with Crippen LogP contribution in [0.25, 0.3) is 10.9 Å². The smallest absolute Gasteiger partial charge is 0.210 e. The van der Waals surface area contributed by atoms with Crippen molar-refractivity contribution in [3.63, 3.8) is 0 Å². The number of hydrogen-bond acceptors (Lipinski definition) is 9. The third-order valence-corrected chi connectivity index (χ3v) is 13.3. The lowest BCUT2D eigenvalue weighted by Gasteiger charge is -2.46. The zero-order valence-corrected chi connectivity index (χ0v) is 28.8. The number of ether oxygens (including phenoxy) is 1. The van der Waals surface area contributed by atoms with Gasteiger partial charge < -0.3 is 14.5 Å². The predicted octanol–water partition coefficient (Wildman–Crippen LogP) is 4.42. The standard InChI is InChI=1S/C35H47N5O4S2/c1-3-44-29-6-9-31(10-7-29)46(42,43)34-25-36-33-11-8-30(45(2)41)24-32(33)35(34)40-18-14-27(15-19-40)37-16-12-28(13-17-37)39-22-20-38(21-23-39)26-4-5-26/h6-11,24-28H,3-5,12-23H2,1-2H3/t45-/m0/s1. The number of hydrogen-bond donors (Lipinski definition) is 0. The lowest BCUT2D eigenvalue weighted by atomic mass is 9.96. The molecule has 0 N–H and O–H groups in total. The van der Waals surface area contributed by atoms with Crippen LogP contribution in [-0.4, -0.2) is 116 Å². The first-order chi connectivity index (χ1) is 22.3. The molecular weight excluding hydrogens is 619 g/mol. The molecule has 3 aliphatic heterocycles. The molecule has 4 heterocycles. The molecule has 0 amide bonds. The molecule has 3 saturated heterocycles. The number of pyridine rings is 1. The van der Waals surface area contributed by atoms with Gasteiger partial charge in [-0.2, -0.15) is 0 Å². The number of sulfone groups is 1. The van der Waals surface area contributed by atoms with E-state index in [9.17, 15) is 12.6 Å². The number of piperazine rings is 1. The number of anilines is 1. The Morgan fingerprint density at radius 1 is 0.783 bits per heavy atom. The van der Waals surface area contributed by atoms with Crippen molar-refractivity contribution in [2.24, 2.45) is 0 Å². The monoisotopic (exact) mass is 665 g/mol. The summed E-state index contributed by atoms with van der Waals surface area (Å²) in [6.45, 7) is 11.1. The summed E-state index contributed by atoms with van der Waals surface area (Å²) in [4.78, 5) is 16.0. The predicted molar refractivity (Wildman–Crippen MR) is 183 cm³/mol. The molecule has 248 valence electrons. The van der Waals surface area contributed by atoms with Gasteiger partial charge in [0, 0.05) is 90.9 Å². The first-order valence-corrected chi connectivity index (χ1v) is 20.1. The van der Waals surface area contributed by atoms with Gasteiger partial charge in [-0.3, -0.25) is 19.0 Å². The zero-order chi connectivity index (χ0) is 31.8. The second-order valence-electron chi connectivity index (χ2n) is 13.3. The molecule has 4 fully saturated rings. The van der Waals surface area contributed by atoms with Crippen LogP contribution in [0.5, 0.6) is 5.75 Å². The van der Waals surface area contributed by atoms with Crippen LogP contribution in [0.2, 0.25) is 0 Å². The van der Waals surface area contributed by atoms with E-state index >= 15 is 0 Å². The Labute approximate surface area is 276 Å². The highest BCUT2D eigenvalue weighted by Gasteiger charge is 2.36. The minimum absolute atomic E-state index is 0.198. The fourth-order valence-corrected chi connectivity index (χ4v) is 9.80. The first kappa shape index (κ1) is 32.0. The highest BCUT2D eigenvalue weighted by Crippen LogP contribution is 2.39. The molecule has 1 aromatic heterocycles. The molecular formula is C35H47N5O4S2. The lowest BCUT2D eigenvalue weighted by Crippen LogP contribution is -2.55. The number of piperidine rings is 2. The van der Waals surface area contributed by atoms with Gasteiger partial charge in [0.1, 0.15) is 10.6 Å². The van der Waals surface area contributed by atoms with E-state index < -0.39 is 20.6 Å². The van der Waals surface area contributed by atoms with E-state index in [2.05, 4.69) is 24.6 Å². The van der Waals surface area contributed by atoms with Crippen LogP contribution in [0.1, 0.15) is 45.4 Å². The second-order valence-corrected chi connectivity index (χ2v) is 16.6. The van der Waals surface area contributed by atoms with Crippen molar-refractivity contribution in [2.75, 3.05) is 70.1 Å². The van der Waals surface area contributed by atoms with Crippen molar-refractivity contribution < 1.29 is 17.4 Å².